The molecule has 0 heterocycles. The molecule has 0 spiro atoms. The summed E-state index contributed by atoms with van der Waals surface area (Å²) in [7, 11) is 0. The Hall–Kier alpha value is -0.800. The van der Waals surface area contributed by atoms with Crippen molar-refractivity contribution in [3.8, 4) is 0 Å². The summed E-state index contributed by atoms with van der Waals surface area (Å²) in [4.78, 5) is 0. The van der Waals surface area contributed by atoms with Gasteiger partial charge in [-0.05, 0) is 37.5 Å². The van der Waals surface area contributed by atoms with Gasteiger partial charge in [0.15, 0.2) is 0 Å². The van der Waals surface area contributed by atoms with E-state index in [1.54, 1.807) is 0 Å². The van der Waals surface area contributed by atoms with Gasteiger partial charge in [-0.3, -0.25) is 0 Å². The third kappa shape index (κ3) is 2.41. The molecule has 1 aliphatic carbocycles. The molecule has 0 aromatic heterocycles. The number of halogens is 2. The van der Waals surface area contributed by atoms with Crippen LogP contribution in [0.25, 0.3) is 0 Å². The molecule has 1 saturated carbocycles. The topological polar surface area (TPSA) is 32.3 Å². The molecule has 4 heteroatoms. The summed E-state index contributed by atoms with van der Waals surface area (Å²) in [6, 6.07) is 4.18. The molecule has 2 unspecified atom stereocenters. The largest absolute Gasteiger partial charge is 0.391 e. The lowest BCUT2D eigenvalue weighted by Crippen LogP contribution is -2.28. The molecule has 2 nitrogen and oxygen atoms in total. The van der Waals surface area contributed by atoms with Crippen LogP contribution in [0.1, 0.15) is 19.3 Å². The van der Waals surface area contributed by atoms with Gasteiger partial charge in [-0.2, -0.15) is 0 Å². The fourth-order valence-corrected chi connectivity index (χ4v) is 2.09. The van der Waals surface area contributed by atoms with Crippen molar-refractivity contribution in [1.82, 2.24) is 0 Å². The number of hydrogen-bond acceptors (Lipinski definition) is 2. The molecule has 0 amide bonds. The summed E-state index contributed by atoms with van der Waals surface area (Å²) < 4.78 is 13.0. The van der Waals surface area contributed by atoms with Crippen LogP contribution in [-0.2, 0) is 0 Å². The third-order valence-corrected chi connectivity index (χ3v) is 3.08. The van der Waals surface area contributed by atoms with Gasteiger partial charge in [0.2, 0.25) is 0 Å². The van der Waals surface area contributed by atoms with Crippen molar-refractivity contribution in [3.63, 3.8) is 0 Å². The molecule has 1 aromatic rings. The van der Waals surface area contributed by atoms with E-state index in [9.17, 15) is 9.50 Å². The number of benzene rings is 1. The van der Waals surface area contributed by atoms with Crippen LogP contribution in [0, 0.1) is 5.82 Å². The Morgan fingerprint density at radius 3 is 2.87 bits per heavy atom. The smallest absolute Gasteiger partial charge is 0.125 e. The first-order chi connectivity index (χ1) is 7.16. The molecule has 0 saturated heterocycles. The van der Waals surface area contributed by atoms with E-state index < -0.39 is 0 Å². The maximum atomic E-state index is 13.0. The van der Waals surface area contributed by atoms with E-state index in [-0.39, 0.29) is 18.0 Å². The van der Waals surface area contributed by atoms with Gasteiger partial charge in [0.25, 0.3) is 0 Å². The van der Waals surface area contributed by atoms with Crippen LogP contribution in [0.3, 0.4) is 0 Å². The summed E-state index contributed by atoms with van der Waals surface area (Å²) in [6.45, 7) is 0. The number of aliphatic hydroxyl groups is 1. The maximum Gasteiger partial charge on any atom is 0.125 e. The van der Waals surface area contributed by atoms with Crippen molar-refractivity contribution in [3.05, 3.63) is 29.0 Å². The normalized spacial score (nSPS) is 25.5. The van der Waals surface area contributed by atoms with Crippen molar-refractivity contribution in [2.45, 2.75) is 31.4 Å². The number of aliphatic hydroxyl groups excluding tert-OH is 1. The SMILES string of the molecule is OC1CCCC1Nc1cc(F)ccc1Cl. The fourth-order valence-electron chi connectivity index (χ4n) is 1.92. The van der Waals surface area contributed by atoms with Gasteiger partial charge in [0, 0.05) is 0 Å². The lowest BCUT2D eigenvalue weighted by Gasteiger charge is -2.18. The fraction of sp³-hybridized carbons (Fsp3) is 0.455. The molecule has 2 N–H and O–H groups in total. The zero-order chi connectivity index (χ0) is 10.8. The molecule has 2 rings (SSSR count). The minimum atomic E-state index is -0.357. The average molecular weight is 230 g/mol. The van der Waals surface area contributed by atoms with Crippen LogP contribution in [0.5, 0.6) is 0 Å². The first kappa shape index (κ1) is 10.7. The van der Waals surface area contributed by atoms with Crippen molar-refractivity contribution in [2.75, 3.05) is 5.32 Å². The molecular weight excluding hydrogens is 217 g/mol. The number of nitrogens with one attached hydrogen (secondary N) is 1. The monoisotopic (exact) mass is 229 g/mol. The van der Waals surface area contributed by atoms with Crippen LogP contribution in [0.2, 0.25) is 5.02 Å². The highest BCUT2D eigenvalue weighted by Gasteiger charge is 2.25. The second-order valence-electron chi connectivity index (χ2n) is 3.87. The Morgan fingerprint density at radius 2 is 2.20 bits per heavy atom. The summed E-state index contributed by atoms with van der Waals surface area (Å²) in [6.07, 6.45) is 2.33. The highest BCUT2D eigenvalue weighted by molar-refractivity contribution is 6.33. The van der Waals surface area contributed by atoms with E-state index in [4.69, 9.17) is 11.6 Å². The van der Waals surface area contributed by atoms with Gasteiger partial charge in [-0.15, -0.1) is 0 Å². The second kappa shape index (κ2) is 4.37. The molecule has 1 aromatic carbocycles. The van der Waals surface area contributed by atoms with Gasteiger partial charge in [0.05, 0.1) is 22.9 Å². The first-order valence-corrected chi connectivity index (χ1v) is 5.44. The van der Waals surface area contributed by atoms with Crippen LogP contribution in [0.4, 0.5) is 10.1 Å². The van der Waals surface area contributed by atoms with Crippen molar-refractivity contribution in [1.29, 1.82) is 0 Å². The summed E-state index contributed by atoms with van der Waals surface area (Å²) in [5.74, 6) is -0.325. The summed E-state index contributed by atoms with van der Waals surface area (Å²) >= 11 is 5.91. The zero-order valence-corrected chi connectivity index (χ0v) is 8.97. The van der Waals surface area contributed by atoms with Gasteiger partial charge >= 0.3 is 0 Å². The van der Waals surface area contributed by atoms with E-state index in [2.05, 4.69) is 5.32 Å². The lowest BCUT2D eigenvalue weighted by atomic mass is 10.2. The molecule has 0 radical (unpaired) electrons. The van der Waals surface area contributed by atoms with E-state index in [0.29, 0.717) is 10.7 Å². The molecule has 1 aliphatic rings. The van der Waals surface area contributed by atoms with Crippen molar-refractivity contribution >= 4 is 17.3 Å². The van der Waals surface area contributed by atoms with Gasteiger partial charge in [0.1, 0.15) is 5.82 Å². The molecule has 1 fully saturated rings. The van der Waals surface area contributed by atoms with Crippen molar-refractivity contribution in [2.24, 2.45) is 0 Å². The van der Waals surface area contributed by atoms with Crippen LogP contribution in [-0.4, -0.2) is 17.3 Å². The van der Waals surface area contributed by atoms with Crippen LogP contribution in [0.15, 0.2) is 18.2 Å². The minimum Gasteiger partial charge on any atom is -0.391 e. The predicted molar refractivity (Wildman–Crippen MR) is 58.7 cm³/mol. The Morgan fingerprint density at radius 1 is 1.40 bits per heavy atom. The molecule has 0 bridgehead atoms. The molecule has 0 aliphatic heterocycles. The average Bonchev–Trinajstić information content (AvgIpc) is 2.58. The zero-order valence-electron chi connectivity index (χ0n) is 8.21. The van der Waals surface area contributed by atoms with Crippen LogP contribution < -0.4 is 5.32 Å². The minimum absolute atomic E-state index is 0.00991. The Kier molecular flexibility index (Phi) is 3.12. The Labute approximate surface area is 93.1 Å². The Balaban J connectivity index is 2.12. The number of anilines is 1. The Bertz CT molecular complexity index is 358. The van der Waals surface area contributed by atoms with Crippen molar-refractivity contribution < 1.29 is 9.50 Å². The number of rotatable bonds is 2. The molecule has 2 atom stereocenters. The molecule has 82 valence electrons. The standard InChI is InChI=1S/C11H13ClFNO/c12-8-5-4-7(13)6-10(8)14-9-2-1-3-11(9)15/h4-6,9,11,14-15H,1-3H2. The highest BCUT2D eigenvalue weighted by atomic mass is 35.5. The predicted octanol–water partition coefficient (Wildman–Crippen LogP) is 2.80. The lowest BCUT2D eigenvalue weighted by molar-refractivity contribution is 0.172. The second-order valence-corrected chi connectivity index (χ2v) is 4.28. The summed E-state index contributed by atoms with van der Waals surface area (Å²) in [5.41, 5.74) is 0.558. The van der Waals surface area contributed by atoms with Gasteiger partial charge in [-0.1, -0.05) is 11.6 Å². The number of hydrogen-bond donors (Lipinski definition) is 2. The van der Waals surface area contributed by atoms with E-state index >= 15 is 0 Å². The van der Waals surface area contributed by atoms with E-state index in [0.717, 1.165) is 19.3 Å². The molecule has 15 heavy (non-hydrogen) atoms. The van der Waals surface area contributed by atoms with E-state index in [1.165, 1.54) is 18.2 Å². The summed E-state index contributed by atoms with van der Waals surface area (Å²) in [5, 5.41) is 13.2. The molecular formula is C11H13ClFNO. The van der Waals surface area contributed by atoms with E-state index in [1.807, 2.05) is 0 Å². The quantitative estimate of drug-likeness (QED) is 0.818. The highest BCUT2D eigenvalue weighted by Crippen LogP contribution is 2.27. The van der Waals surface area contributed by atoms with Crippen LogP contribution >= 0.6 is 11.6 Å². The maximum absolute atomic E-state index is 13.0. The van der Waals surface area contributed by atoms with Gasteiger partial charge in [-0.25, -0.2) is 4.39 Å². The van der Waals surface area contributed by atoms with Gasteiger partial charge < -0.3 is 10.4 Å². The first-order valence-electron chi connectivity index (χ1n) is 5.06. The third-order valence-electron chi connectivity index (χ3n) is 2.75.